The lowest BCUT2D eigenvalue weighted by atomic mass is 9.99. The van der Waals surface area contributed by atoms with Crippen molar-refractivity contribution >= 4 is 11.6 Å². The highest BCUT2D eigenvalue weighted by atomic mass is 16.7. The summed E-state index contributed by atoms with van der Waals surface area (Å²) in [6.45, 7) is 7.25. The van der Waals surface area contributed by atoms with Gasteiger partial charge in [0.1, 0.15) is 5.66 Å². The van der Waals surface area contributed by atoms with E-state index in [0.29, 0.717) is 12.0 Å². The van der Waals surface area contributed by atoms with Crippen LogP contribution in [0.15, 0.2) is 12.1 Å². The molecule has 0 bridgehead atoms. The second-order valence-corrected chi connectivity index (χ2v) is 6.09. The lowest BCUT2D eigenvalue weighted by molar-refractivity contribution is -0.385. The first-order valence-electron chi connectivity index (χ1n) is 7.07. The molecule has 7 heteroatoms. The Morgan fingerprint density at radius 2 is 2.05 bits per heavy atom. The van der Waals surface area contributed by atoms with Gasteiger partial charge in [0.05, 0.1) is 18.1 Å². The van der Waals surface area contributed by atoms with Crippen LogP contribution in [0.25, 0.3) is 0 Å². The molecule has 1 atom stereocenters. The number of nitrogens with one attached hydrogen (secondary N) is 1. The van der Waals surface area contributed by atoms with Crippen molar-refractivity contribution in [3.05, 3.63) is 38.9 Å². The van der Waals surface area contributed by atoms with Crippen LogP contribution in [0.5, 0.6) is 0 Å². The quantitative estimate of drug-likeness (QED) is 0.678. The number of hydroxylamine groups is 2. The molecule has 1 amide bonds. The molecule has 0 spiro atoms. The van der Waals surface area contributed by atoms with E-state index in [1.54, 1.807) is 13.0 Å². The van der Waals surface area contributed by atoms with E-state index in [1.807, 2.05) is 26.8 Å². The van der Waals surface area contributed by atoms with Crippen molar-refractivity contribution < 1.29 is 14.6 Å². The van der Waals surface area contributed by atoms with Crippen LogP contribution < -0.4 is 5.32 Å². The molecular weight excluding hydrogens is 286 g/mol. The maximum atomic E-state index is 12.3. The molecule has 0 saturated carbocycles. The van der Waals surface area contributed by atoms with Gasteiger partial charge in [-0.25, -0.2) is 5.06 Å². The van der Waals surface area contributed by atoms with Gasteiger partial charge in [0, 0.05) is 11.6 Å². The zero-order chi connectivity index (χ0) is 16.7. The van der Waals surface area contributed by atoms with Crippen LogP contribution in [0, 0.1) is 24.0 Å². The predicted molar refractivity (Wildman–Crippen MR) is 81.1 cm³/mol. The molecule has 1 aromatic carbocycles. The molecule has 22 heavy (non-hydrogen) atoms. The molecule has 0 aromatic heterocycles. The maximum absolute atomic E-state index is 12.3. The van der Waals surface area contributed by atoms with Crippen LogP contribution in [-0.4, -0.2) is 34.7 Å². The minimum absolute atomic E-state index is 0.0864. The zero-order valence-electron chi connectivity index (χ0n) is 13.5. The van der Waals surface area contributed by atoms with Crippen LogP contribution in [0.4, 0.5) is 5.69 Å². The molecule has 1 aliphatic rings. The third-order valence-corrected chi connectivity index (χ3v) is 4.05. The first-order valence-corrected chi connectivity index (χ1v) is 7.07. The van der Waals surface area contributed by atoms with E-state index in [9.17, 15) is 14.9 Å². The van der Waals surface area contributed by atoms with Crippen molar-refractivity contribution in [2.45, 2.75) is 45.8 Å². The average Bonchev–Trinajstić information content (AvgIpc) is 2.62. The van der Waals surface area contributed by atoms with Gasteiger partial charge in [-0.15, -0.1) is 0 Å². The van der Waals surface area contributed by atoms with E-state index >= 15 is 0 Å². The van der Waals surface area contributed by atoms with Crippen LogP contribution in [-0.2, 0) is 16.1 Å². The molecule has 120 valence electrons. The largest absolute Gasteiger partial charge is 0.281 e. The molecule has 1 aromatic rings. The van der Waals surface area contributed by atoms with Crippen molar-refractivity contribution in [3.8, 4) is 0 Å². The molecule has 2 rings (SSSR count). The van der Waals surface area contributed by atoms with Crippen LogP contribution in [0.1, 0.15) is 30.5 Å². The van der Waals surface area contributed by atoms with Crippen LogP contribution in [0.3, 0.4) is 0 Å². The SMILES string of the molecule is CON1C(=O)C(Cc2cc(C)c(C)c([N+](=O)[O-])c2)NC1(C)C. The highest BCUT2D eigenvalue weighted by molar-refractivity contribution is 5.84. The molecule has 1 heterocycles. The third kappa shape index (κ3) is 2.82. The average molecular weight is 307 g/mol. The van der Waals surface area contributed by atoms with E-state index in [0.717, 1.165) is 11.1 Å². The minimum atomic E-state index is -0.609. The van der Waals surface area contributed by atoms with Gasteiger partial charge >= 0.3 is 0 Å². The number of hydrogen-bond donors (Lipinski definition) is 1. The van der Waals surface area contributed by atoms with E-state index in [1.165, 1.54) is 12.2 Å². The Kier molecular flexibility index (Phi) is 4.21. The van der Waals surface area contributed by atoms with Gasteiger partial charge in [-0.3, -0.25) is 25.1 Å². The predicted octanol–water partition coefficient (Wildman–Crippen LogP) is 1.85. The monoisotopic (exact) mass is 307 g/mol. The summed E-state index contributed by atoms with van der Waals surface area (Å²) in [5, 5.41) is 15.6. The van der Waals surface area contributed by atoms with Gasteiger partial charge in [-0.2, -0.15) is 0 Å². The molecule has 1 saturated heterocycles. The zero-order valence-corrected chi connectivity index (χ0v) is 13.5. The number of amides is 1. The number of benzene rings is 1. The fraction of sp³-hybridized carbons (Fsp3) is 0.533. The van der Waals surface area contributed by atoms with Crippen LogP contribution in [0.2, 0.25) is 0 Å². The van der Waals surface area contributed by atoms with Gasteiger partial charge < -0.3 is 0 Å². The summed E-state index contributed by atoms with van der Waals surface area (Å²) in [6.07, 6.45) is 0.379. The van der Waals surface area contributed by atoms with E-state index in [-0.39, 0.29) is 16.5 Å². The summed E-state index contributed by atoms with van der Waals surface area (Å²) >= 11 is 0. The highest BCUT2D eigenvalue weighted by Gasteiger charge is 2.45. The van der Waals surface area contributed by atoms with Crippen molar-refractivity contribution in [1.29, 1.82) is 0 Å². The first kappa shape index (κ1) is 16.4. The second kappa shape index (κ2) is 5.66. The Labute approximate surface area is 129 Å². The summed E-state index contributed by atoms with van der Waals surface area (Å²) in [6, 6.07) is 2.97. The summed E-state index contributed by atoms with van der Waals surface area (Å²) in [7, 11) is 1.45. The molecular formula is C15H21N3O4. The number of nitro groups is 1. The van der Waals surface area contributed by atoms with Gasteiger partial charge in [0.15, 0.2) is 0 Å². The second-order valence-electron chi connectivity index (χ2n) is 6.09. The lowest BCUT2D eigenvalue weighted by Gasteiger charge is -2.28. The third-order valence-electron chi connectivity index (χ3n) is 4.05. The van der Waals surface area contributed by atoms with Gasteiger partial charge in [-0.05, 0) is 45.2 Å². The topological polar surface area (TPSA) is 84.7 Å². The van der Waals surface area contributed by atoms with E-state index < -0.39 is 11.7 Å². The molecule has 1 aliphatic heterocycles. The number of hydrogen-bond acceptors (Lipinski definition) is 5. The number of nitrogens with zero attached hydrogens (tertiary/aromatic N) is 2. The smallest absolute Gasteiger partial charge is 0.272 e. The number of nitro benzene ring substituents is 1. The number of aryl methyl sites for hydroxylation is 1. The van der Waals surface area contributed by atoms with Crippen molar-refractivity contribution in [2.75, 3.05) is 7.11 Å². The van der Waals surface area contributed by atoms with Gasteiger partial charge in [-0.1, -0.05) is 6.07 Å². The van der Waals surface area contributed by atoms with Crippen molar-refractivity contribution in [3.63, 3.8) is 0 Å². The summed E-state index contributed by atoms with van der Waals surface area (Å²) in [5.74, 6) is -0.173. The molecule has 0 aliphatic carbocycles. The summed E-state index contributed by atoms with van der Waals surface area (Å²) in [4.78, 5) is 28.2. The van der Waals surface area contributed by atoms with Gasteiger partial charge in [0.2, 0.25) is 0 Å². The Morgan fingerprint density at radius 3 is 2.55 bits per heavy atom. The Balaban J connectivity index is 2.29. The fourth-order valence-electron chi connectivity index (χ4n) is 2.88. The Hall–Kier alpha value is -1.99. The number of rotatable bonds is 4. The number of carbonyl (C=O) groups excluding carboxylic acids is 1. The number of carbonyl (C=O) groups is 1. The maximum Gasteiger partial charge on any atom is 0.272 e. The minimum Gasteiger partial charge on any atom is -0.281 e. The Morgan fingerprint density at radius 1 is 1.41 bits per heavy atom. The van der Waals surface area contributed by atoms with E-state index in [4.69, 9.17) is 4.84 Å². The molecule has 7 nitrogen and oxygen atoms in total. The van der Waals surface area contributed by atoms with E-state index in [2.05, 4.69) is 5.32 Å². The molecule has 1 fully saturated rings. The first-order chi connectivity index (χ1) is 10.2. The van der Waals surface area contributed by atoms with Gasteiger partial charge in [0.25, 0.3) is 11.6 Å². The normalized spacial score (nSPS) is 20.5. The fourth-order valence-corrected chi connectivity index (χ4v) is 2.88. The van der Waals surface area contributed by atoms with Crippen LogP contribution >= 0.6 is 0 Å². The Bertz CT molecular complexity index is 627. The highest BCUT2D eigenvalue weighted by Crippen LogP contribution is 2.27. The molecule has 1 N–H and O–H groups in total. The lowest BCUT2D eigenvalue weighted by Crippen LogP contribution is -2.46. The molecule has 0 radical (unpaired) electrons. The van der Waals surface area contributed by atoms with Crippen molar-refractivity contribution in [2.24, 2.45) is 0 Å². The molecule has 1 unspecified atom stereocenters. The summed E-state index contributed by atoms with van der Waals surface area (Å²) < 4.78 is 0. The summed E-state index contributed by atoms with van der Waals surface area (Å²) in [5.41, 5.74) is 1.73. The van der Waals surface area contributed by atoms with Crippen molar-refractivity contribution in [1.82, 2.24) is 10.4 Å². The standard InChI is InChI=1S/C15H21N3O4/c1-9-6-11(8-13(10(9)2)18(20)21)7-12-14(19)17(22-5)15(3,4)16-12/h6,8,12,16H,7H2,1-5H3.